The van der Waals surface area contributed by atoms with Gasteiger partial charge in [-0.1, -0.05) is 66.7 Å². The maximum atomic E-state index is 13.2. The highest BCUT2D eigenvalue weighted by Crippen LogP contribution is 2.46. The number of sulfonamides is 1. The molecule has 2 heterocycles. The van der Waals surface area contributed by atoms with Crippen molar-refractivity contribution in [3.8, 4) is 0 Å². The zero-order valence-electron chi connectivity index (χ0n) is 19.3. The maximum absolute atomic E-state index is 13.2. The Morgan fingerprint density at radius 1 is 0.912 bits per heavy atom. The SMILES string of the molecule is CN(CC(c1ccccc1)N1CCC2(CC1)CS(=O)c1ccccc12)S(=O)(=O)c1ccccc1. The van der Waals surface area contributed by atoms with E-state index in [0.717, 1.165) is 36.4 Å². The van der Waals surface area contributed by atoms with Crippen molar-refractivity contribution in [2.75, 3.05) is 32.4 Å². The van der Waals surface area contributed by atoms with E-state index in [4.69, 9.17) is 0 Å². The first-order valence-corrected chi connectivity index (χ1v) is 14.4. The summed E-state index contributed by atoms with van der Waals surface area (Å²) >= 11 is 0. The van der Waals surface area contributed by atoms with Gasteiger partial charge >= 0.3 is 0 Å². The fourth-order valence-corrected chi connectivity index (χ4v) is 8.47. The van der Waals surface area contributed by atoms with Gasteiger partial charge in [0.15, 0.2) is 0 Å². The largest absolute Gasteiger partial charge is 0.295 e. The van der Waals surface area contributed by atoms with Crippen molar-refractivity contribution in [3.05, 3.63) is 96.1 Å². The second-order valence-corrected chi connectivity index (χ2v) is 12.8. The summed E-state index contributed by atoms with van der Waals surface area (Å²) in [5.41, 5.74) is 2.32. The van der Waals surface area contributed by atoms with Gasteiger partial charge in [0.25, 0.3) is 0 Å². The Hall–Kier alpha value is -2.32. The monoisotopic (exact) mass is 494 g/mol. The van der Waals surface area contributed by atoms with Crippen molar-refractivity contribution in [2.24, 2.45) is 0 Å². The molecule has 1 saturated heterocycles. The van der Waals surface area contributed by atoms with Crippen molar-refractivity contribution >= 4 is 20.8 Å². The number of hydrogen-bond acceptors (Lipinski definition) is 4. The predicted molar refractivity (Wildman–Crippen MR) is 136 cm³/mol. The molecule has 3 aromatic carbocycles. The second kappa shape index (κ2) is 9.38. The lowest BCUT2D eigenvalue weighted by atomic mass is 9.74. The molecule has 5 nitrogen and oxygen atoms in total. The number of nitrogens with zero attached hydrogens (tertiary/aromatic N) is 2. The van der Waals surface area contributed by atoms with Crippen LogP contribution in [0.2, 0.25) is 0 Å². The van der Waals surface area contributed by atoms with Gasteiger partial charge in [-0.05, 0) is 55.3 Å². The first kappa shape index (κ1) is 23.4. The number of likely N-dealkylation sites (N-methyl/N-ethyl adjacent to an activating group) is 1. The quantitative estimate of drug-likeness (QED) is 0.515. The number of piperidine rings is 1. The summed E-state index contributed by atoms with van der Waals surface area (Å²) in [4.78, 5) is 3.71. The summed E-state index contributed by atoms with van der Waals surface area (Å²) in [5, 5.41) is 0. The molecule has 7 heteroatoms. The molecule has 0 bridgehead atoms. The van der Waals surface area contributed by atoms with E-state index in [1.807, 2.05) is 42.5 Å². The van der Waals surface area contributed by atoms with Crippen molar-refractivity contribution in [1.29, 1.82) is 0 Å². The van der Waals surface area contributed by atoms with Gasteiger partial charge in [-0.2, -0.15) is 4.31 Å². The first-order valence-electron chi connectivity index (χ1n) is 11.7. The molecule has 34 heavy (non-hydrogen) atoms. The predicted octanol–water partition coefficient (Wildman–Crippen LogP) is 4.20. The molecule has 2 atom stereocenters. The molecule has 0 saturated carbocycles. The minimum absolute atomic E-state index is 0.0405. The lowest BCUT2D eigenvalue weighted by Crippen LogP contribution is -2.47. The van der Waals surface area contributed by atoms with Crippen LogP contribution >= 0.6 is 0 Å². The third-order valence-corrected chi connectivity index (χ3v) is 10.9. The first-order chi connectivity index (χ1) is 16.4. The lowest BCUT2D eigenvalue weighted by Gasteiger charge is -2.43. The Bertz CT molecular complexity index is 1270. The zero-order chi connectivity index (χ0) is 23.8. The fourth-order valence-electron chi connectivity index (χ4n) is 5.41. The van der Waals surface area contributed by atoms with Gasteiger partial charge < -0.3 is 0 Å². The van der Waals surface area contributed by atoms with Gasteiger partial charge in [0, 0.05) is 35.7 Å². The van der Waals surface area contributed by atoms with E-state index in [9.17, 15) is 12.6 Å². The minimum Gasteiger partial charge on any atom is -0.295 e. The standard InChI is InChI=1S/C27H30N2O3S2/c1-28(34(31,32)23-12-6-3-7-13-23)20-25(22-10-4-2-5-11-22)29-18-16-27(17-19-29)21-33(30)26-15-9-8-14-24(26)27/h2-15,25H,16-21H2,1H3. The average molecular weight is 495 g/mol. The van der Waals surface area contributed by atoms with Crippen LogP contribution in [0.4, 0.5) is 0 Å². The van der Waals surface area contributed by atoms with Crippen molar-refractivity contribution in [2.45, 2.75) is 34.1 Å². The van der Waals surface area contributed by atoms with Crippen LogP contribution in [0.1, 0.15) is 30.0 Å². The summed E-state index contributed by atoms with van der Waals surface area (Å²) in [6, 6.07) is 26.9. The van der Waals surface area contributed by atoms with Crippen LogP contribution in [0.3, 0.4) is 0 Å². The van der Waals surface area contributed by atoms with Crippen molar-refractivity contribution < 1.29 is 12.6 Å². The number of rotatable bonds is 6. The number of benzene rings is 3. The molecular weight excluding hydrogens is 464 g/mol. The summed E-state index contributed by atoms with van der Waals surface area (Å²) in [6.07, 6.45) is 1.85. The molecule has 5 rings (SSSR count). The average Bonchev–Trinajstić information content (AvgIpc) is 3.15. The van der Waals surface area contributed by atoms with E-state index in [1.165, 1.54) is 9.87 Å². The van der Waals surface area contributed by atoms with Gasteiger partial charge in [-0.3, -0.25) is 9.11 Å². The summed E-state index contributed by atoms with van der Waals surface area (Å²) < 4.78 is 40.7. The van der Waals surface area contributed by atoms with Crippen LogP contribution in [-0.4, -0.2) is 54.3 Å². The van der Waals surface area contributed by atoms with Gasteiger partial charge in [0.1, 0.15) is 0 Å². The van der Waals surface area contributed by atoms with Crippen LogP contribution in [0.15, 0.2) is 94.7 Å². The Kier molecular flexibility index (Phi) is 6.46. The molecule has 0 radical (unpaired) electrons. The molecule has 1 spiro atoms. The maximum Gasteiger partial charge on any atom is 0.242 e. The Morgan fingerprint density at radius 3 is 2.18 bits per heavy atom. The molecule has 2 aliphatic rings. The van der Waals surface area contributed by atoms with Crippen LogP contribution in [0, 0.1) is 0 Å². The third-order valence-electron chi connectivity index (χ3n) is 7.37. The van der Waals surface area contributed by atoms with Gasteiger partial charge in [-0.25, -0.2) is 8.42 Å². The van der Waals surface area contributed by atoms with Gasteiger partial charge in [0.2, 0.25) is 10.0 Å². The highest BCUT2D eigenvalue weighted by atomic mass is 32.2. The zero-order valence-corrected chi connectivity index (χ0v) is 21.0. The van der Waals surface area contributed by atoms with Crippen LogP contribution in [0.25, 0.3) is 0 Å². The van der Waals surface area contributed by atoms with Crippen molar-refractivity contribution in [1.82, 2.24) is 9.21 Å². The lowest BCUT2D eigenvalue weighted by molar-refractivity contribution is 0.112. The second-order valence-electron chi connectivity index (χ2n) is 9.33. The minimum atomic E-state index is -3.58. The molecule has 1 fully saturated rings. The molecular formula is C27H30N2O3S2. The summed E-state index contributed by atoms with van der Waals surface area (Å²) in [7, 11) is -2.86. The van der Waals surface area contributed by atoms with Gasteiger partial charge in [-0.15, -0.1) is 0 Å². The van der Waals surface area contributed by atoms with E-state index < -0.39 is 20.8 Å². The molecule has 0 N–H and O–H groups in total. The highest BCUT2D eigenvalue weighted by Gasteiger charge is 2.45. The van der Waals surface area contributed by atoms with E-state index in [0.29, 0.717) is 17.2 Å². The summed E-state index contributed by atoms with van der Waals surface area (Å²) in [6.45, 7) is 2.05. The normalized spacial score (nSPS) is 20.9. The highest BCUT2D eigenvalue weighted by molar-refractivity contribution is 7.89. The Morgan fingerprint density at radius 2 is 1.50 bits per heavy atom. The third kappa shape index (κ3) is 4.26. The van der Waals surface area contributed by atoms with Crippen LogP contribution in [0.5, 0.6) is 0 Å². The Balaban J connectivity index is 1.39. The Labute approximate surface area is 204 Å². The molecule has 0 aliphatic carbocycles. The van der Waals surface area contributed by atoms with Crippen molar-refractivity contribution in [3.63, 3.8) is 0 Å². The summed E-state index contributed by atoms with van der Waals surface area (Å²) in [5.74, 6) is 0.693. The van der Waals surface area contributed by atoms with E-state index in [-0.39, 0.29) is 11.5 Å². The number of fused-ring (bicyclic) bond motifs is 2. The fraction of sp³-hybridized carbons (Fsp3) is 0.333. The van der Waals surface area contributed by atoms with Crippen LogP contribution < -0.4 is 0 Å². The smallest absolute Gasteiger partial charge is 0.242 e. The van der Waals surface area contributed by atoms with E-state index in [1.54, 1.807) is 31.3 Å². The molecule has 178 valence electrons. The van der Waals surface area contributed by atoms with Crippen LogP contribution in [-0.2, 0) is 26.2 Å². The molecule has 0 amide bonds. The molecule has 0 aromatic heterocycles. The topological polar surface area (TPSA) is 57.7 Å². The molecule has 3 aromatic rings. The number of likely N-dealkylation sites (tertiary alicyclic amines) is 1. The number of hydrogen-bond donors (Lipinski definition) is 0. The van der Waals surface area contributed by atoms with E-state index >= 15 is 0 Å². The van der Waals surface area contributed by atoms with Gasteiger partial charge in [0.05, 0.1) is 15.7 Å². The molecule has 2 aliphatic heterocycles. The molecule has 2 unspecified atom stereocenters. The van der Waals surface area contributed by atoms with E-state index in [2.05, 4.69) is 23.1 Å².